The summed E-state index contributed by atoms with van der Waals surface area (Å²) in [6.45, 7) is 13.2. The van der Waals surface area contributed by atoms with Crippen LogP contribution in [0.1, 0.15) is 54.4 Å². The van der Waals surface area contributed by atoms with Crippen molar-refractivity contribution in [3.05, 3.63) is 0 Å². The van der Waals surface area contributed by atoms with E-state index in [0.717, 1.165) is 18.6 Å². The Kier molecular flexibility index (Phi) is 2.93. The van der Waals surface area contributed by atoms with E-state index in [0.29, 0.717) is 11.3 Å². The smallest absolute Gasteiger partial charge is 0.143 e. The van der Waals surface area contributed by atoms with Crippen LogP contribution >= 0.6 is 0 Å². The molecular weight excluding hydrogens is 174 g/mol. The van der Waals surface area contributed by atoms with Crippen LogP contribution in [0.15, 0.2) is 5.16 Å². The molecule has 1 aliphatic heterocycles. The molecule has 14 heavy (non-hydrogen) atoms. The Morgan fingerprint density at radius 2 is 2.00 bits per heavy atom. The fourth-order valence-electron chi connectivity index (χ4n) is 2.68. The van der Waals surface area contributed by atoms with Crippen molar-refractivity contribution in [1.29, 1.82) is 0 Å². The van der Waals surface area contributed by atoms with E-state index in [1.54, 1.807) is 0 Å². The van der Waals surface area contributed by atoms with Gasteiger partial charge in [0.25, 0.3) is 0 Å². The third kappa shape index (κ3) is 2.28. The minimum atomic E-state index is -0.0862. The molecule has 0 saturated carbocycles. The van der Waals surface area contributed by atoms with E-state index in [-0.39, 0.29) is 5.60 Å². The quantitative estimate of drug-likeness (QED) is 0.662. The number of rotatable bonds is 2. The van der Waals surface area contributed by atoms with E-state index in [1.807, 2.05) is 0 Å². The van der Waals surface area contributed by atoms with Crippen molar-refractivity contribution in [3.8, 4) is 0 Å². The lowest BCUT2D eigenvalue weighted by Gasteiger charge is -2.34. The first-order chi connectivity index (χ1) is 6.28. The second kappa shape index (κ2) is 3.56. The highest BCUT2D eigenvalue weighted by molar-refractivity contribution is 5.86. The molecule has 0 aromatic carbocycles. The van der Waals surface area contributed by atoms with Crippen molar-refractivity contribution in [1.82, 2.24) is 0 Å². The summed E-state index contributed by atoms with van der Waals surface area (Å²) >= 11 is 0. The number of hydrogen-bond donors (Lipinski definition) is 0. The van der Waals surface area contributed by atoms with Gasteiger partial charge in [0.1, 0.15) is 5.60 Å². The molecule has 1 rings (SSSR count). The molecule has 82 valence electrons. The van der Waals surface area contributed by atoms with Crippen molar-refractivity contribution in [2.75, 3.05) is 0 Å². The van der Waals surface area contributed by atoms with Crippen LogP contribution < -0.4 is 0 Å². The summed E-state index contributed by atoms with van der Waals surface area (Å²) in [5, 5.41) is 4.14. The normalized spacial score (nSPS) is 32.7. The van der Waals surface area contributed by atoms with E-state index in [2.05, 4.69) is 46.7 Å². The van der Waals surface area contributed by atoms with E-state index in [9.17, 15) is 0 Å². The molecule has 0 aliphatic carbocycles. The first-order valence-electron chi connectivity index (χ1n) is 5.51. The van der Waals surface area contributed by atoms with Crippen molar-refractivity contribution in [3.63, 3.8) is 0 Å². The highest BCUT2D eigenvalue weighted by atomic mass is 16.7. The maximum Gasteiger partial charge on any atom is 0.143 e. The Hall–Kier alpha value is -0.530. The number of hydrogen-bond acceptors (Lipinski definition) is 2. The molecule has 1 heterocycles. The molecular formula is C12H23NO. The molecule has 0 aromatic rings. The number of nitrogens with zero attached hydrogens (tertiary/aromatic N) is 1. The largest absolute Gasteiger partial charge is 0.389 e. The third-order valence-corrected chi connectivity index (χ3v) is 2.93. The highest BCUT2D eigenvalue weighted by Crippen LogP contribution is 2.40. The molecule has 0 N–H and O–H groups in total. The molecule has 0 fully saturated rings. The molecule has 0 amide bonds. The molecule has 0 radical (unpaired) electrons. The lowest BCUT2D eigenvalue weighted by atomic mass is 9.74. The van der Waals surface area contributed by atoms with Gasteiger partial charge in [-0.1, -0.05) is 32.9 Å². The summed E-state index contributed by atoms with van der Waals surface area (Å²) in [7, 11) is 0. The zero-order valence-corrected chi connectivity index (χ0v) is 10.3. The SMILES string of the molecule is CCC1C(C)=NOC1(C)CC(C)(C)C. The van der Waals surface area contributed by atoms with Gasteiger partial charge in [-0.15, -0.1) is 0 Å². The Bertz CT molecular complexity index is 239. The predicted molar refractivity (Wildman–Crippen MR) is 60.5 cm³/mol. The Labute approximate surface area is 87.7 Å². The van der Waals surface area contributed by atoms with Gasteiger partial charge < -0.3 is 4.84 Å². The van der Waals surface area contributed by atoms with E-state index in [1.165, 1.54) is 0 Å². The molecule has 2 atom stereocenters. The second-order valence-corrected chi connectivity index (χ2v) is 5.83. The fraction of sp³-hybridized carbons (Fsp3) is 0.917. The van der Waals surface area contributed by atoms with Crippen LogP contribution in [0.2, 0.25) is 0 Å². The van der Waals surface area contributed by atoms with Gasteiger partial charge in [0.15, 0.2) is 0 Å². The zero-order chi connectivity index (χ0) is 11.0. The van der Waals surface area contributed by atoms with Gasteiger partial charge in [-0.05, 0) is 32.1 Å². The summed E-state index contributed by atoms with van der Waals surface area (Å²) < 4.78 is 0. The predicted octanol–water partition coefficient (Wildman–Crippen LogP) is 3.61. The van der Waals surface area contributed by atoms with Crippen LogP contribution in [0, 0.1) is 11.3 Å². The molecule has 0 saturated heterocycles. The molecule has 2 unspecified atom stereocenters. The summed E-state index contributed by atoms with van der Waals surface area (Å²) in [5.41, 5.74) is 1.36. The van der Waals surface area contributed by atoms with Gasteiger partial charge in [0, 0.05) is 5.92 Å². The zero-order valence-electron chi connectivity index (χ0n) is 10.3. The lowest BCUT2D eigenvalue weighted by molar-refractivity contribution is -0.0571. The summed E-state index contributed by atoms with van der Waals surface area (Å²) in [4.78, 5) is 5.62. The van der Waals surface area contributed by atoms with Crippen LogP contribution in [-0.2, 0) is 4.84 Å². The summed E-state index contributed by atoms with van der Waals surface area (Å²) in [6.07, 6.45) is 2.17. The van der Waals surface area contributed by atoms with Crippen LogP contribution in [-0.4, -0.2) is 11.3 Å². The van der Waals surface area contributed by atoms with Gasteiger partial charge in [-0.3, -0.25) is 0 Å². The highest BCUT2D eigenvalue weighted by Gasteiger charge is 2.44. The molecule has 0 spiro atoms. The Morgan fingerprint density at radius 3 is 2.43 bits per heavy atom. The molecule has 0 aromatic heterocycles. The minimum absolute atomic E-state index is 0.0862. The Morgan fingerprint density at radius 1 is 1.43 bits per heavy atom. The fourth-order valence-corrected chi connectivity index (χ4v) is 2.68. The van der Waals surface area contributed by atoms with Crippen molar-refractivity contribution < 1.29 is 4.84 Å². The first-order valence-corrected chi connectivity index (χ1v) is 5.51. The average molecular weight is 197 g/mol. The lowest BCUT2D eigenvalue weighted by Crippen LogP contribution is -2.38. The molecule has 0 bridgehead atoms. The van der Waals surface area contributed by atoms with Crippen molar-refractivity contribution >= 4 is 5.71 Å². The summed E-state index contributed by atoms with van der Waals surface area (Å²) in [5.74, 6) is 0.488. The van der Waals surface area contributed by atoms with Crippen LogP contribution in [0.4, 0.5) is 0 Å². The average Bonchev–Trinajstić information content (AvgIpc) is 2.23. The van der Waals surface area contributed by atoms with E-state index < -0.39 is 0 Å². The third-order valence-electron chi connectivity index (χ3n) is 2.93. The van der Waals surface area contributed by atoms with Crippen molar-refractivity contribution in [2.45, 2.75) is 60.0 Å². The van der Waals surface area contributed by atoms with Crippen molar-refractivity contribution in [2.24, 2.45) is 16.5 Å². The monoisotopic (exact) mass is 197 g/mol. The topological polar surface area (TPSA) is 21.6 Å². The standard InChI is InChI=1S/C12H23NO/c1-7-10-9(2)13-14-12(10,6)8-11(3,4)5/h10H,7-8H2,1-6H3. The first kappa shape index (κ1) is 11.5. The van der Waals surface area contributed by atoms with Crippen LogP contribution in [0.3, 0.4) is 0 Å². The summed E-state index contributed by atoms with van der Waals surface area (Å²) in [6, 6.07) is 0. The van der Waals surface area contributed by atoms with Gasteiger partial charge >= 0.3 is 0 Å². The van der Waals surface area contributed by atoms with Gasteiger partial charge in [0.2, 0.25) is 0 Å². The van der Waals surface area contributed by atoms with E-state index in [4.69, 9.17) is 4.84 Å². The van der Waals surface area contributed by atoms with Gasteiger partial charge in [-0.25, -0.2) is 0 Å². The maximum absolute atomic E-state index is 5.62. The molecule has 2 nitrogen and oxygen atoms in total. The van der Waals surface area contributed by atoms with Gasteiger partial charge in [-0.2, -0.15) is 0 Å². The number of oxime groups is 1. The molecule has 1 aliphatic rings. The van der Waals surface area contributed by atoms with Crippen LogP contribution in [0.5, 0.6) is 0 Å². The van der Waals surface area contributed by atoms with E-state index >= 15 is 0 Å². The minimum Gasteiger partial charge on any atom is -0.389 e. The van der Waals surface area contributed by atoms with Gasteiger partial charge in [0.05, 0.1) is 5.71 Å². The molecule has 2 heteroatoms. The maximum atomic E-state index is 5.62. The second-order valence-electron chi connectivity index (χ2n) is 5.83. The Balaban J connectivity index is 2.77. The van der Waals surface area contributed by atoms with Crippen LogP contribution in [0.25, 0.3) is 0 Å².